The fraction of sp³-hybridized carbons (Fsp3) is 0.917. The van der Waals surface area contributed by atoms with E-state index in [0.717, 1.165) is 25.9 Å². The molecule has 4 nitrogen and oxygen atoms in total. The van der Waals surface area contributed by atoms with Crippen molar-refractivity contribution in [1.29, 1.82) is 0 Å². The van der Waals surface area contributed by atoms with Gasteiger partial charge in [-0.2, -0.15) is 0 Å². The number of hydrogen-bond donors (Lipinski definition) is 2. The highest BCUT2D eigenvalue weighted by Gasteiger charge is 2.25. The molecule has 1 atom stereocenters. The summed E-state index contributed by atoms with van der Waals surface area (Å²) < 4.78 is 5.62. The molecule has 16 heavy (non-hydrogen) atoms. The molecule has 0 radical (unpaired) electrons. The first-order valence-corrected chi connectivity index (χ1v) is 6.42. The van der Waals surface area contributed by atoms with Crippen molar-refractivity contribution in [3.05, 3.63) is 0 Å². The van der Waals surface area contributed by atoms with Crippen LogP contribution in [0.3, 0.4) is 0 Å². The molecule has 4 heteroatoms. The van der Waals surface area contributed by atoms with Gasteiger partial charge in [0, 0.05) is 19.1 Å². The maximum atomic E-state index is 11.8. The Balaban J connectivity index is 1.68. The van der Waals surface area contributed by atoms with E-state index in [2.05, 4.69) is 10.6 Å². The molecule has 1 unspecified atom stereocenters. The fourth-order valence-corrected chi connectivity index (χ4v) is 2.27. The third-order valence-electron chi connectivity index (χ3n) is 3.46. The minimum absolute atomic E-state index is 0.0544. The zero-order valence-corrected chi connectivity index (χ0v) is 10.00. The van der Waals surface area contributed by atoms with Gasteiger partial charge in [-0.15, -0.1) is 0 Å². The molecule has 0 bridgehead atoms. The highest BCUT2D eigenvalue weighted by Crippen LogP contribution is 2.17. The van der Waals surface area contributed by atoms with Gasteiger partial charge in [0.2, 0.25) is 5.91 Å². The van der Waals surface area contributed by atoms with Crippen molar-refractivity contribution in [1.82, 2.24) is 10.6 Å². The van der Waals surface area contributed by atoms with E-state index >= 15 is 0 Å². The fourth-order valence-electron chi connectivity index (χ4n) is 2.27. The number of ether oxygens (including phenoxy) is 1. The molecule has 1 amide bonds. The normalized spacial score (nSPS) is 24.8. The molecule has 1 aliphatic carbocycles. The third-order valence-corrected chi connectivity index (χ3v) is 3.46. The summed E-state index contributed by atoms with van der Waals surface area (Å²) in [5.41, 5.74) is 0. The number of amides is 1. The van der Waals surface area contributed by atoms with E-state index in [1.807, 2.05) is 6.92 Å². The molecule has 2 N–H and O–H groups in total. The summed E-state index contributed by atoms with van der Waals surface area (Å²) in [5, 5.41) is 6.22. The van der Waals surface area contributed by atoms with Gasteiger partial charge in [-0.3, -0.25) is 4.79 Å². The number of nitrogens with one attached hydrogen (secondary N) is 2. The van der Waals surface area contributed by atoms with E-state index in [0.29, 0.717) is 6.04 Å². The van der Waals surface area contributed by atoms with Crippen LogP contribution in [0, 0.1) is 0 Å². The van der Waals surface area contributed by atoms with Crippen molar-refractivity contribution in [2.24, 2.45) is 0 Å². The van der Waals surface area contributed by atoms with Gasteiger partial charge < -0.3 is 15.4 Å². The quantitative estimate of drug-likeness (QED) is 0.746. The second kappa shape index (κ2) is 5.64. The lowest BCUT2D eigenvalue weighted by Gasteiger charge is -2.31. The molecule has 0 spiro atoms. The lowest BCUT2D eigenvalue weighted by Crippen LogP contribution is -2.52. The van der Waals surface area contributed by atoms with Gasteiger partial charge in [0.15, 0.2) is 0 Å². The van der Waals surface area contributed by atoms with E-state index in [-0.39, 0.29) is 18.1 Å². The lowest BCUT2D eigenvalue weighted by atomic mass is 9.95. The first kappa shape index (κ1) is 11.9. The predicted molar refractivity (Wildman–Crippen MR) is 62.2 cm³/mol. The summed E-state index contributed by atoms with van der Waals surface area (Å²) in [6.45, 7) is 3.60. The van der Waals surface area contributed by atoms with Crippen molar-refractivity contribution < 1.29 is 9.53 Å². The summed E-state index contributed by atoms with van der Waals surface area (Å²) in [5.74, 6) is 0.0544. The van der Waals surface area contributed by atoms with Crippen LogP contribution in [-0.2, 0) is 9.53 Å². The molecule has 1 aliphatic heterocycles. The summed E-state index contributed by atoms with van der Waals surface area (Å²) in [6.07, 6.45) is 5.97. The molecule has 0 aromatic heterocycles. The van der Waals surface area contributed by atoms with Crippen LogP contribution in [0.4, 0.5) is 0 Å². The maximum Gasteiger partial charge on any atom is 0.249 e. The van der Waals surface area contributed by atoms with Gasteiger partial charge >= 0.3 is 0 Å². The summed E-state index contributed by atoms with van der Waals surface area (Å²) in [4.78, 5) is 11.8. The van der Waals surface area contributed by atoms with Crippen LogP contribution in [0.25, 0.3) is 0 Å². The molecule has 0 aromatic rings. The van der Waals surface area contributed by atoms with Crippen molar-refractivity contribution in [2.75, 3.05) is 13.1 Å². The smallest absolute Gasteiger partial charge is 0.249 e. The SMILES string of the molecule is CC(OC1CNC1)C(=O)NC1CCCCC1. The second-order valence-corrected chi connectivity index (χ2v) is 4.90. The van der Waals surface area contributed by atoms with E-state index in [1.165, 1.54) is 19.3 Å². The Bertz CT molecular complexity index is 235. The molecular weight excluding hydrogens is 204 g/mol. The number of carbonyl (C=O) groups excluding carboxylic acids is 1. The second-order valence-electron chi connectivity index (χ2n) is 4.90. The summed E-state index contributed by atoms with van der Waals surface area (Å²) in [6, 6.07) is 0.381. The zero-order valence-electron chi connectivity index (χ0n) is 10.00. The van der Waals surface area contributed by atoms with Crippen LogP contribution < -0.4 is 10.6 Å². The van der Waals surface area contributed by atoms with Crippen LogP contribution in [-0.4, -0.2) is 37.2 Å². The van der Waals surface area contributed by atoms with Crippen LogP contribution in [0.2, 0.25) is 0 Å². The highest BCUT2D eigenvalue weighted by molar-refractivity contribution is 5.80. The molecule has 1 heterocycles. The zero-order chi connectivity index (χ0) is 11.4. The van der Waals surface area contributed by atoms with Crippen LogP contribution in [0.15, 0.2) is 0 Å². The lowest BCUT2D eigenvalue weighted by molar-refractivity contribution is -0.138. The molecule has 1 saturated carbocycles. The first-order chi connectivity index (χ1) is 7.75. The summed E-state index contributed by atoms with van der Waals surface area (Å²) in [7, 11) is 0. The summed E-state index contributed by atoms with van der Waals surface area (Å²) >= 11 is 0. The molecule has 2 aliphatic rings. The average molecular weight is 226 g/mol. The Morgan fingerprint density at radius 2 is 2.00 bits per heavy atom. The molecule has 2 rings (SSSR count). The van der Waals surface area contributed by atoms with Crippen molar-refractivity contribution in [3.63, 3.8) is 0 Å². The van der Waals surface area contributed by atoms with Gasteiger partial charge in [0.1, 0.15) is 6.10 Å². The number of rotatable bonds is 4. The molecule has 2 fully saturated rings. The van der Waals surface area contributed by atoms with E-state index in [4.69, 9.17) is 4.74 Å². The van der Waals surface area contributed by atoms with Crippen molar-refractivity contribution in [3.8, 4) is 0 Å². The topological polar surface area (TPSA) is 50.4 Å². The molecular formula is C12H22N2O2. The first-order valence-electron chi connectivity index (χ1n) is 6.42. The van der Waals surface area contributed by atoms with Crippen molar-refractivity contribution in [2.45, 2.75) is 57.3 Å². The molecule has 0 aromatic carbocycles. The van der Waals surface area contributed by atoms with Crippen molar-refractivity contribution >= 4 is 5.91 Å². The average Bonchev–Trinajstić information content (AvgIpc) is 2.24. The minimum Gasteiger partial charge on any atom is -0.363 e. The monoisotopic (exact) mass is 226 g/mol. The Labute approximate surface area is 97.1 Å². The highest BCUT2D eigenvalue weighted by atomic mass is 16.5. The van der Waals surface area contributed by atoms with E-state index in [9.17, 15) is 4.79 Å². The van der Waals surface area contributed by atoms with Gasteiger partial charge in [-0.1, -0.05) is 19.3 Å². The maximum absolute atomic E-state index is 11.8. The predicted octanol–water partition coefficient (Wildman–Crippen LogP) is 0.812. The minimum atomic E-state index is -0.311. The Morgan fingerprint density at radius 1 is 1.31 bits per heavy atom. The third kappa shape index (κ3) is 3.19. The van der Waals surface area contributed by atoms with Crippen LogP contribution in [0.5, 0.6) is 0 Å². The number of carbonyl (C=O) groups is 1. The molecule has 92 valence electrons. The Hall–Kier alpha value is -0.610. The van der Waals surface area contributed by atoms with E-state index < -0.39 is 0 Å². The largest absolute Gasteiger partial charge is 0.363 e. The number of hydrogen-bond acceptors (Lipinski definition) is 3. The van der Waals surface area contributed by atoms with Gasteiger partial charge in [0.25, 0.3) is 0 Å². The van der Waals surface area contributed by atoms with E-state index in [1.54, 1.807) is 0 Å². The van der Waals surface area contributed by atoms with Crippen LogP contribution >= 0.6 is 0 Å². The van der Waals surface area contributed by atoms with Gasteiger partial charge in [-0.05, 0) is 19.8 Å². The standard InChI is InChI=1S/C12H22N2O2/c1-9(16-11-7-13-8-11)12(15)14-10-5-3-2-4-6-10/h9-11,13H,2-8H2,1H3,(H,14,15). The van der Waals surface area contributed by atoms with Gasteiger partial charge in [-0.25, -0.2) is 0 Å². The molecule has 1 saturated heterocycles. The van der Waals surface area contributed by atoms with Gasteiger partial charge in [0.05, 0.1) is 6.10 Å². The van der Waals surface area contributed by atoms with Crippen LogP contribution in [0.1, 0.15) is 39.0 Å². The Morgan fingerprint density at radius 3 is 2.56 bits per heavy atom. The Kier molecular flexibility index (Phi) is 4.18.